The third-order valence-corrected chi connectivity index (χ3v) is 5.05. The molecule has 0 aromatic carbocycles. The molecular formula is C19H25N5O2. The number of hydrogen-bond donors (Lipinski definition) is 2. The van der Waals surface area contributed by atoms with Gasteiger partial charge in [0.25, 0.3) is 0 Å². The summed E-state index contributed by atoms with van der Waals surface area (Å²) in [4.78, 5) is 28.4. The summed E-state index contributed by atoms with van der Waals surface area (Å²) in [6.45, 7) is 3.98. The molecule has 1 fully saturated rings. The van der Waals surface area contributed by atoms with Crippen molar-refractivity contribution in [3.63, 3.8) is 0 Å². The molecule has 2 aromatic heterocycles. The molecule has 1 aliphatic heterocycles. The number of aromatic nitrogens is 3. The molecule has 2 atom stereocenters. The van der Waals surface area contributed by atoms with Crippen LogP contribution in [0.4, 0.5) is 0 Å². The summed E-state index contributed by atoms with van der Waals surface area (Å²) in [5.74, 6) is -0.00588. The van der Waals surface area contributed by atoms with Crippen LogP contribution in [-0.4, -0.2) is 32.6 Å². The normalized spacial score (nSPS) is 19.9. The fourth-order valence-electron chi connectivity index (χ4n) is 3.53. The molecule has 7 nitrogen and oxygen atoms in total. The van der Waals surface area contributed by atoms with Crippen LogP contribution in [0.15, 0.2) is 24.5 Å². The fourth-order valence-corrected chi connectivity index (χ4v) is 3.53. The second-order valence-corrected chi connectivity index (χ2v) is 6.82. The van der Waals surface area contributed by atoms with Gasteiger partial charge in [0.2, 0.25) is 11.8 Å². The summed E-state index contributed by atoms with van der Waals surface area (Å²) in [5.41, 5.74) is 4.10. The highest BCUT2D eigenvalue weighted by Gasteiger charge is 2.31. The molecule has 0 spiro atoms. The van der Waals surface area contributed by atoms with Crippen LogP contribution in [0.3, 0.4) is 0 Å². The number of carbonyl (C=O) groups excluding carboxylic acids is 2. The molecule has 1 saturated heterocycles. The van der Waals surface area contributed by atoms with Crippen molar-refractivity contribution in [2.24, 2.45) is 7.05 Å². The lowest BCUT2D eigenvalue weighted by atomic mass is 9.92. The first kappa shape index (κ1) is 18.1. The maximum Gasteiger partial charge on any atom is 0.220 e. The first-order chi connectivity index (χ1) is 12.5. The minimum absolute atomic E-state index is 0.00552. The number of pyridine rings is 1. The molecule has 1 unspecified atom stereocenters. The Bertz CT molecular complexity index is 800. The van der Waals surface area contributed by atoms with E-state index in [0.717, 1.165) is 22.5 Å². The summed E-state index contributed by atoms with van der Waals surface area (Å²) in [7, 11) is 1.91. The SMILES string of the molecule is Cc1nn(C)c(C)c1CCC(=O)N[C@H]1CCC(=O)NC1c1cccnc1. The molecule has 2 N–H and O–H groups in total. The van der Waals surface area contributed by atoms with Gasteiger partial charge in [-0.25, -0.2) is 0 Å². The van der Waals surface area contributed by atoms with Crippen molar-refractivity contribution in [3.8, 4) is 0 Å². The Hall–Kier alpha value is -2.70. The van der Waals surface area contributed by atoms with E-state index in [-0.39, 0.29) is 23.9 Å². The lowest BCUT2D eigenvalue weighted by molar-refractivity contribution is -0.127. The average Bonchev–Trinajstić information content (AvgIpc) is 2.87. The summed E-state index contributed by atoms with van der Waals surface area (Å²) in [5, 5.41) is 10.5. The lowest BCUT2D eigenvalue weighted by Crippen LogP contribution is -2.50. The molecule has 0 saturated carbocycles. The van der Waals surface area contributed by atoms with Gasteiger partial charge < -0.3 is 10.6 Å². The van der Waals surface area contributed by atoms with Gasteiger partial charge in [0.15, 0.2) is 0 Å². The molecule has 26 heavy (non-hydrogen) atoms. The highest BCUT2D eigenvalue weighted by atomic mass is 16.2. The Morgan fingerprint density at radius 3 is 2.88 bits per heavy atom. The molecule has 3 rings (SSSR count). The van der Waals surface area contributed by atoms with Crippen molar-refractivity contribution in [2.45, 2.75) is 51.6 Å². The topological polar surface area (TPSA) is 88.9 Å². The number of nitrogens with zero attached hydrogens (tertiary/aromatic N) is 3. The Morgan fingerprint density at radius 1 is 1.42 bits per heavy atom. The van der Waals surface area contributed by atoms with Crippen molar-refractivity contribution in [3.05, 3.63) is 47.0 Å². The second kappa shape index (κ2) is 7.68. The molecule has 138 valence electrons. The van der Waals surface area contributed by atoms with Crippen LogP contribution >= 0.6 is 0 Å². The van der Waals surface area contributed by atoms with E-state index < -0.39 is 0 Å². The van der Waals surface area contributed by atoms with Crippen LogP contribution < -0.4 is 10.6 Å². The van der Waals surface area contributed by atoms with Crippen molar-refractivity contribution < 1.29 is 9.59 Å². The number of rotatable bonds is 5. The number of amides is 2. The predicted octanol–water partition coefficient (Wildman–Crippen LogP) is 1.50. The van der Waals surface area contributed by atoms with E-state index in [1.807, 2.05) is 37.7 Å². The zero-order valence-electron chi connectivity index (χ0n) is 15.5. The monoisotopic (exact) mass is 355 g/mol. The van der Waals surface area contributed by atoms with E-state index in [0.29, 0.717) is 25.7 Å². The molecule has 2 amide bonds. The Kier molecular flexibility index (Phi) is 5.35. The number of hydrogen-bond acceptors (Lipinski definition) is 4. The van der Waals surface area contributed by atoms with Crippen molar-refractivity contribution in [2.75, 3.05) is 0 Å². The first-order valence-electron chi connectivity index (χ1n) is 8.93. The number of piperidine rings is 1. The summed E-state index contributed by atoms with van der Waals surface area (Å²) in [6.07, 6.45) is 5.54. The van der Waals surface area contributed by atoms with E-state index in [2.05, 4.69) is 20.7 Å². The highest BCUT2D eigenvalue weighted by Crippen LogP contribution is 2.24. The Morgan fingerprint density at radius 2 is 2.23 bits per heavy atom. The second-order valence-electron chi connectivity index (χ2n) is 6.82. The molecule has 1 aliphatic rings. The minimum Gasteiger partial charge on any atom is -0.351 e. The van der Waals surface area contributed by atoms with E-state index in [1.165, 1.54) is 0 Å². The van der Waals surface area contributed by atoms with E-state index >= 15 is 0 Å². The predicted molar refractivity (Wildman–Crippen MR) is 97.3 cm³/mol. The number of carbonyl (C=O) groups is 2. The van der Waals surface area contributed by atoms with Crippen molar-refractivity contribution >= 4 is 11.8 Å². The standard InChI is InChI=1S/C19H25N5O2/c1-12-15(13(2)24(3)23-12)6-8-17(25)21-16-7-9-18(26)22-19(16)14-5-4-10-20-11-14/h4-5,10-11,16,19H,6-9H2,1-3H3,(H,21,25)(H,22,26)/t16-,19?/m0/s1. The summed E-state index contributed by atoms with van der Waals surface area (Å²) in [6, 6.07) is 3.39. The van der Waals surface area contributed by atoms with Crippen LogP contribution in [0.5, 0.6) is 0 Å². The van der Waals surface area contributed by atoms with Crippen molar-refractivity contribution in [1.82, 2.24) is 25.4 Å². The van der Waals surface area contributed by atoms with Gasteiger partial charge in [-0.2, -0.15) is 5.10 Å². The minimum atomic E-state index is -0.240. The van der Waals surface area contributed by atoms with Gasteiger partial charge in [-0.05, 0) is 43.9 Å². The third-order valence-electron chi connectivity index (χ3n) is 5.05. The zero-order valence-corrected chi connectivity index (χ0v) is 15.5. The number of aryl methyl sites for hydroxylation is 2. The van der Waals surface area contributed by atoms with Gasteiger partial charge in [0.05, 0.1) is 17.8 Å². The smallest absolute Gasteiger partial charge is 0.220 e. The third kappa shape index (κ3) is 3.92. The summed E-state index contributed by atoms with van der Waals surface area (Å²) >= 11 is 0. The average molecular weight is 355 g/mol. The van der Waals surface area contributed by atoms with Crippen LogP contribution in [0.25, 0.3) is 0 Å². The molecule has 3 heterocycles. The molecule has 0 aliphatic carbocycles. The molecule has 7 heteroatoms. The van der Waals surface area contributed by atoms with E-state index in [1.54, 1.807) is 12.4 Å². The zero-order chi connectivity index (χ0) is 18.7. The van der Waals surface area contributed by atoms with Crippen LogP contribution in [0.1, 0.15) is 47.8 Å². The van der Waals surface area contributed by atoms with Crippen LogP contribution in [0, 0.1) is 13.8 Å². The quantitative estimate of drug-likeness (QED) is 0.851. The van der Waals surface area contributed by atoms with E-state index in [4.69, 9.17) is 0 Å². The van der Waals surface area contributed by atoms with Crippen LogP contribution in [0.2, 0.25) is 0 Å². The van der Waals surface area contributed by atoms with E-state index in [9.17, 15) is 9.59 Å². The lowest BCUT2D eigenvalue weighted by Gasteiger charge is -2.33. The Labute approximate surface area is 153 Å². The molecule has 0 radical (unpaired) electrons. The Balaban J connectivity index is 1.64. The summed E-state index contributed by atoms with van der Waals surface area (Å²) < 4.78 is 1.84. The molecular weight excluding hydrogens is 330 g/mol. The van der Waals surface area contributed by atoms with Crippen molar-refractivity contribution in [1.29, 1.82) is 0 Å². The maximum atomic E-state index is 12.5. The van der Waals surface area contributed by atoms with Gasteiger partial charge in [0, 0.05) is 38.0 Å². The maximum absolute atomic E-state index is 12.5. The van der Waals surface area contributed by atoms with Gasteiger partial charge in [-0.1, -0.05) is 6.07 Å². The fraction of sp³-hybridized carbons (Fsp3) is 0.474. The first-order valence-corrected chi connectivity index (χ1v) is 8.93. The van der Waals surface area contributed by atoms with Gasteiger partial charge in [-0.3, -0.25) is 19.3 Å². The van der Waals surface area contributed by atoms with Gasteiger partial charge >= 0.3 is 0 Å². The number of nitrogens with one attached hydrogen (secondary N) is 2. The van der Waals surface area contributed by atoms with Gasteiger partial charge in [-0.15, -0.1) is 0 Å². The molecule has 0 bridgehead atoms. The highest BCUT2D eigenvalue weighted by molar-refractivity contribution is 5.79. The van der Waals surface area contributed by atoms with Crippen LogP contribution in [-0.2, 0) is 23.1 Å². The molecule has 2 aromatic rings. The van der Waals surface area contributed by atoms with Gasteiger partial charge in [0.1, 0.15) is 0 Å². The largest absolute Gasteiger partial charge is 0.351 e.